The zero-order valence-electron chi connectivity index (χ0n) is 15.3. The molecule has 148 valence electrons. The second-order valence-corrected chi connectivity index (χ2v) is 8.91. The van der Waals surface area contributed by atoms with Gasteiger partial charge in [-0.2, -0.15) is 0 Å². The van der Waals surface area contributed by atoms with E-state index in [1.807, 2.05) is 0 Å². The van der Waals surface area contributed by atoms with Crippen LogP contribution in [0, 0.1) is 0 Å². The average Bonchev–Trinajstić information content (AvgIpc) is 3.13. The van der Waals surface area contributed by atoms with Gasteiger partial charge in [-0.25, -0.2) is 17.5 Å². The highest BCUT2D eigenvalue weighted by atomic mass is 35.5. The van der Waals surface area contributed by atoms with Crippen LogP contribution in [0.5, 0.6) is 5.75 Å². The van der Waals surface area contributed by atoms with Crippen molar-refractivity contribution >= 4 is 33.4 Å². The third-order valence-corrected chi connectivity index (χ3v) is 6.42. The number of carbonyl (C=O) groups is 2. The van der Waals surface area contributed by atoms with Crippen LogP contribution in [0.4, 0.5) is 0 Å². The highest BCUT2D eigenvalue weighted by Gasteiger charge is 2.22. The molecule has 0 bridgehead atoms. The summed E-state index contributed by atoms with van der Waals surface area (Å²) in [5.74, 6) is -0.505. The van der Waals surface area contributed by atoms with Crippen molar-refractivity contribution in [2.45, 2.75) is 11.3 Å². The van der Waals surface area contributed by atoms with Crippen LogP contribution in [-0.4, -0.2) is 51.8 Å². The lowest BCUT2D eigenvalue weighted by Crippen LogP contribution is -2.22. The Bertz CT molecular complexity index is 1050. The molecule has 9 heteroatoms. The SMILES string of the molecule is CN(C)S(=O)(=O)c1ccc(Cl)c(C(=O)OCC(=O)c2ccc3c(c2)CCO3)c1. The van der Waals surface area contributed by atoms with Crippen molar-refractivity contribution in [2.24, 2.45) is 0 Å². The summed E-state index contributed by atoms with van der Waals surface area (Å²) in [6, 6.07) is 8.78. The van der Waals surface area contributed by atoms with Gasteiger partial charge in [-0.15, -0.1) is 0 Å². The number of hydrogen-bond acceptors (Lipinski definition) is 6. The highest BCUT2D eigenvalue weighted by Crippen LogP contribution is 2.26. The molecule has 7 nitrogen and oxygen atoms in total. The van der Waals surface area contributed by atoms with E-state index in [0.29, 0.717) is 12.2 Å². The molecular formula is C19H18ClNO6S. The van der Waals surface area contributed by atoms with E-state index in [0.717, 1.165) is 28.1 Å². The van der Waals surface area contributed by atoms with Crippen molar-refractivity contribution in [3.05, 3.63) is 58.1 Å². The molecule has 0 unspecified atom stereocenters. The maximum atomic E-state index is 12.4. The van der Waals surface area contributed by atoms with Gasteiger partial charge in [-0.1, -0.05) is 11.6 Å². The monoisotopic (exact) mass is 423 g/mol. The number of benzene rings is 2. The first-order chi connectivity index (χ1) is 13.2. The van der Waals surface area contributed by atoms with Crippen LogP contribution >= 0.6 is 11.6 Å². The fraction of sp³-hybridized carbons (Fsp3) is 0.263. The van der Waals surface area contributed by atoms with Gasteiger partial charge in [0.25, 0.3) is 0 Å². The molecule has 2 aromatic rings. The van der Waals surface area contributed by atoms with E-state index in [-0.39, 0.29) is 21.3 Å². The lowest BCUT2D eigenvalue weighted by Gasteiger charge is -2.13. The molecule has 0 aromatic heterocycles. The van der Waals surface area contributed by atoms with E-state index >= 15 is 0 Å². The predicted molar refractivity (Wildman–Crippen MR) is 103 cm³/mol. The molecule has 0 atom stereocenters. The summed E-state index contributed by atoms with van der Waals surface area (Å²) in [6.07, 6.45) is 0.721. The van der Waals surface area contributed by atoms with Crippen LogP contribution in [0.2, 0.25) is 5.02 Å². The molecule has 3 rings (SSSR count). The first-order valence-corrected chi connectivity index (χ1v) is 10.2. The lowest BCUT2D eigenvalue weighted by molar-refractivity contribution is 0.0474. The third-order valence-electron chi connectivity index (χ3n) is 4.28. The zero-order valence-corrected chi connectivity index (χ0v) is 16.8. The van der Waals surface area contributed by atoms with Crippen LogP contribution in [0.25, 0.3) is 0 Å². The van der Waals surface area contributed by atoms with E-state index in [2.05, 4.69) is 0 Å². The number of ketones is 1. The average molecular weight is 424 g/mol. The number of nitrogens with zero attached hydrogens (tertiary/aromatic N) is 1. The highest BCUT2D eigenvalue weighted by molar-refractivity contribution is 7.89. The maximum Gasteiger partial charge on any atom is 0.340 e. The number of esters is 1. The number of halogens is 1. The molecule has 0 saturated heterocycles. The Hall–Kier alpha value is -2.42. The molecule has 0 saturated carbocycles. The number of rotatable bonds is 6. The summed E-state index contributed by atoms with van der Waals surface area (Å²) < 4.78 is 35.9. The van der Waals surface area contributed by atoms with Crippen LogP contribution in [0.3, 0.4) is 0 Å². The summed E-state index contributed by atoms with van der Waals surface area (Å²) >= 11 is 6.01. The van der Waals surface area contributed by atoms with Crippen LogP contribution < -0.4 is 4.74 Å². The minimum absolute atomic E-state index is 0.0323. The van der Waals surface area contributed by atoms with Gasteiger partial charge in [0, 0.05) is 26.1 Å². The molecule has 28 heavy (non-hydrogen) atoms. The molecule has 0 N–H and O–H groups in total. The van der Waals surface area contributed by atoms with Crippen LogP contribution in [0.1, 0.15) is 26.3 Å². The fourth-order valence-electron chi connectivity index (χ4n) is 2.68. The van der Waals surface area contributed by atoms with Gasteiger partial charge in [0.1, 0.15) is 5.75 Å². The molecule has 0 fully saturated rings. The number of Topliss-reactive ketones (excluding diaryl/α,β-unsaturated/α-hetero) is 1. The summed E-state index contributed by atoms with van der Waals surface area (Å²) in [6.45, 7) is 0.0894. The van der Waals surface area contributed by atoms with Crippen molar-refractivity contribution in [3.8, 4) is 5.75 Å². The first-order valence-electron chi connectivity index (χ1n) is 8.38. The quantitative estimate of drug-likeness (QED) is 0.524. The molecule has 0 spiro atoms. The zero-order chi connectivity index (χ0) is 20.5. The Morgan fingerprint density at radius 3 is 2.64 bits per heavy atom. The number of fused-ring (bicyclic) bond motifs is 1. The lowest BCUT2D eigenvalue weighted by atomic mass is 10.1. The topological polar surface area (TPSA) is 90.0 Å². The Morgan fingerprint density at radius 1 is 1.18 bits per heavy atom. The molecule has 1 aliphatic heterocycles. The minimum Gasteiger partial charge on any atom is -0.493 e. The largest absolute Gasteiger partial charge is 0.493 e. The number of sulfonamides is 1. The van der Waals surface area contributed by atoms with Crippen LogP contribution in [-0.2, 0) is 21.2 Å². The Kier molecular flexibility index (Phi) is 5.74. The second kappa shape index (κ2) is 7.90. The molecule has 1 aliphatic rings. The van der Waals surface area contributed by atoms with E-state index in [1.54, 1.807) is 18.2 Å². The van der Waals surface area contributed by atoms with E-state index in [4.69, 9.17) is 21.1 Å². The smallest absolute Gasteiger partial charge is 0.340 e. The Labute approximate surface area is 167 Å². The first kappa shape index (κ1) is 20.3. The summed E-state index contributed by atoms with van der Waals surface area (Å²) in [4.78, 5) is 24.6. The molecule has 2 aromatic carbocycles. The Balaban J connectivity index is 1.73. The molecular weight excluding hydrogens is 406 g/mol. The summed E-state index contributed by atoms with van der Waals surface area (Å²) in [5, 5.41) is 0.0323. The maximum absolute atomic E-state index is 12.4. The van der Waals surface area contributed by atoms with Crippen LogP contribution in [0.15, 0.2) is 41.3 Å². The number of hydrogen-bond donors (Lipinski definition) is 0. The van der Waals surface area contributed by atoms with E-state index < -0.39 is 22.6 Å². The normalized spacial score (nSPS) is 13.1. The van der Waals surface area contributed by atoms with E-state index in [9.17, 15) is 18.0 Å². The second-order valence-electron chi connectivity index (χ2n) is 6.35. The van der Waals surface area contributed by atoms with Crippen molar-refractivity contribution < 1.29 is 27.5 Å². The fourth-order valence-corrected chi connectivity index (χ4v) is 3.81. The molecule has 0 amide bonds. The van der Waals surface area contributed by atoms with Gasteiger partial charge in [-0.3, -0.25) is 4.79 Å². The van der Waals surface area contributed by atoms with Gasteiger partial charge in [0.15, 0.2) is 12.4 Å². The molecule has 0 radical (unpaired) electrons. The van der Waals surface area contributed by atoms with Crippen molar-refractivity contribution in [2.75, 3.05) is 27.3 Å². The molecule has 1 heterocycles. The van der Waals surface area contributed by atoms with Gasteiger partial charge >= 0.3 is 5.97 Å². The number of ether oxygens (including phenoxy) is 2. The van der Waals surface area contributed by atoms with Gasteiger partial charge in [0.05, 0.1) is 22.1 Å². The van der Waals surface area contributed by atoms with E-state index in [1.165, 1.54) is 26.2 Å². The van der Waals surface area contributed by atoms with Crippen molar-refractivity contribution in [1.29, 1.82) is 0 Å². The summed E-state index contributed by atoms with van der Waals surface area (Å²) in [5.41, 5.74) is 1.22. The van der Waals surface area contributed by atoms with Gasteiger partial charge in [0.2, 0.25) is 10.0 Å². The van der Waals surface area contributed by atoms with Gasteiger partial charge < -0.3 is 9.47 Å². The van der Waals surface area contributed by atoms with Crippen molar-refractivity contribution in [3.63, 3.8) is 0 Å². The Morgan fingerprint density at radius 2 is 1.93 bits per heavy atom. The predicted octanol–water partition coefficient (Wildman–Crippen LogP) is 2.56. The molecule has 0 aliphatic carbocycles. The van der Waals surface area contributed by atoms with Gasteiger partial charge in [-0.05, 0) is 42.0 Å². The summed E-state index contributed by atoms with van der Waals surface area (Å²) in [7, 11) is -0.987. The number of carbonyl (C=O) groups excluding carboxylic acids is 2. The van der Waals surface area contributed by atoms with Crippen molar-refractivity contribution in [1.82, 2.24) is 4.31 Å². The minimum atomic E-state index is -3.74. The third kappa shape index (κ3) is 4.04. The standard InChI is InChI=1S/C19H18ClNO6S/c1-21(2)28(24,25)14-4-5-16(20)15(10-14)19(23)27-11-17(22)12-3-6-18-13(9-12)7-8-26-18/h3-6,9-10H,7-8,11H2,1-2H3.